The van der Waals surface area contributed by atoms with E-state index in [4.69, 9.17) is 21.5 Å². The van der Waals surface area contributed by atoms with Crippen LogP contribution in [0.4, 0.5) is 0 Å². The Morgan fingerprint density at radius 2 is 2.00 bits per heavy atom. The second-order valence-electron chi connectivity index (χ2n) is 5.50. The van der Waals surface area contributed by atoms with Crippen molar-refractivity contribution in [3.05, 3.63) is 46.3 Å². The van der Waals surface area contributed by atoms with Crippen LogP contribution in [-0.2, 0) is 10.0 Å². The number of hydrogen-bond acceptors (Lipinski definition) is 5. The number of hydrogen-bond donors (Lipinski definition) is 1. The SMILES string of the molecule is NS(=O)(=O)c1sc(Cl)cc1C(=O)N1CC(COc2ccccc2)C1. The average Bonchev–Trinajstić information content (AvgIpc) is 2.89. The summed E-state index contributed by atoms with van der Waals surface area (Å²) in [6, 6.07) is 10.8. The van der Waals surface area contributed by atoms with Crippen LogP contribution in [-0.4, -0.2) is 38.9 Å². The summed E-state index contributed by atoms with van der Waals surface area (Å²) >= 11 is 6.63. The van der Waals surface area contributed by atoms with Gasteiger partial charge in [0.15, 0.2) is 0 Å². The number of sulfonamides is 1. The lowest BCUT2D eigenvalue weighted by Crippen LogP contribution is -2.52. The molecule has 2 N–H and O–H groups in total. The van der Waals surface area contributed by atoms with Gasteiger partial charge in [0.05, 0.1) is 16.5 Å². The van der Waals surface area contributed by atoms with Gasteiger partial charge < -0.3 is 9.64 Å². The van der Waals surface area contributed by atoms with Crippen LogP contribution in [0.1, 0.15) is 10.4 Å². The molecular weight excluding hydrogens is 372 g/mol. The molecule has 0 unspecified atom stereocenters. The molecule has 0 radical (unpaired) electrons. The molecule has 0 aliphatic carbocycles. The molecule has 3 rings (SSSR count). The third kappa shape index (κ3) is 3.72. The van der Waals surface area contributed by atoms with Crippen LogP contribution in [0, 0.1) is 5.92 Å². The predicted octanol–water partition coefficient (Wildman–Crippen LogP) is 2.20. The fourth-order valence-corrected chi connectivity index (χ4v) is 4.72. The number of nitrogens with zero attached hydrogens (tertiary/aromatic N) is 1. The first-order chi connectivity index (χ1) is 11.3. The molecule has 1 aromatic carbocycles. The molecule has 2 heterocycles. The molecule has 24 heavy (non-hydrogen) atoms. The molecule has 0 spiro atoms. The number of amides is 1. The van der Waals surface area contributed by atoms with Crippen molar-refractivity contribution in [2.45, 2.75) is 4.21 Å². The van der Waals surface area contributed by atoms with Gasteiger partial charge in [-0.15, -0.1) is 11.3 Å². The molecule has 6 nitrogen and oxygen atoms in total. The zero-order valence-corrected chi connectivity index (χ0v) is 14.9. The van der Waals surface area contributed by atoms with Crippen molar-refractivity contribution in [1.82, 2.24) is 4.90 Å². The van der Waals surface area contributed by atoms with E-state index in [0.717, 1.165) is 17.1 Å². The van der Waals surface area contributed by atoms with Gasteiger partial charge in [-0.2, -0.15) is 0 Å². The number of ether oxygens (including phenoxy) is 1. The van der Waals surface area contributed by atoms with E-state index in [1.165, 1.54) is 6.07 Å². The van der Waals surface area contributed by atoms with Gasteiger partial charge in [-0.25, -0.2) is 13.6 Å². The molecule has 2 aromatic rings. The molecule has 9 heteroatoms. The normalized spacial score (nSPS) is 15.2. The standard InChI is InChI=1S/C15H15ClN2O4S2/c16-13-6-12(15(23-13)24(17,20)21)14(19)18-7-10(8-18)9-22-11-4-2-1-3-5-11/h1-6,10H,7-9H2,(H2,17,20,21). The van der Waals surface area contributed by atoms with Crippen molar-refractivity contribution in [1.29, 1.82) is 0 Å². The molecule has 0 bridgehead atoms. The van der Waals surface area contributed by atoms with Crippen LogP contribution in [0.5, 0.6) is 5.75 Å². The molecule has 1 saturated heterocycles. The molecule has 0 saturated carbocycles. The van der Waals surface area contributed by atoms with Crippen LogP contribution in [0.25, 0.3) is 0 Å². The third-order valence-corrected chi connectivity index (χ3v) is 6.37. The number of carbonyl (C=O) groups excluding carboxylic acids is 1. The molecule has 128 valence electrons. The number of primary sulfonamides is 1. The van der Waals surface area contributed by atoms with Crippen molar-refractivity contribution in [3.63, 3.8) is 0 Å². The Morgan fingerprint density at radius 3 is 2.62 bits per heavy atom. The highest BCUT2D eigenvalue weighted by atomic mass is 35.5. The van der Waals surface area contributed by atoms with Gasteiger partial charge in [-0.1, -0.05) is 29.8 Å². The van der Waals surface area contributed by atoms with Crippen molar-refractivity contribution < 1.29 is 17.9 Å². The summed E-state index contributed by atoms with van der Waals surface area (Å²) in [4.78, 5) is 14.0. The molecule has 1 aliphatic rings. The van der Waals surface area contributed by atoms with Crippen molar-refractivity contribution in [3.8, 4) is 5.75 Å². The Labute approximate surface area is 148 Å². The number of likely N-dealkylation sites (tertiary alicyclic amines) is 1. The highest BCUT2D eigenvalue weighted by molar-refractivity contribution is 7.91. The molecule has 0 atom stereocenters. The first-order valence-corrected chi connectivity index (χ1v) is 9.88. The maximum absolute atomic E-state index is 12.4. The maximum Gasteiger partial charge on any atom is 0.256 e. The van der Waals surface area contributed by atoms with Crippen LogP contribution in [0.15, 0.2) is 40.6 Å². The lowest BCUT2D eigenvalue weighted by atomic mass is 10.0. The first kappa shape index (κ1) is 17.2. The Bertz CT molecular complexity index is 846. The van der Waals surface area contributed by atoms with Crippen molar-refractivity contribution >= 4 is 38.9 Å². The Kier molecular flexibility index (Phi) is 4.82. The van der Waals surface area contributed by atoms with Gasteiger partial charge in [0.25, 0.3) is 5.91 Å². The summed E-state index contributed by atoms with van der Waals surface area (Å²) in [5.41, 5.74) is 0.0370. The second-order valence-corrected chi connectivity index (χ2v) is 8.94. The van der Waals surface area contributed by atoms with E-state index >= 15 is 0 Å². The number of benzene rings is 1. The van der Waals surface area contributed by atoms with E-state index in [0.29, 0.717) is 19.7 Å². The molecular formula is C15H15ClN2O4S2. The quantitative estimate of drug-likeness (QED) is 0.852. The van der Waals surface area contributed by atoms with Gasteiger partial charge in [0, 0.05) is 19.0 Å². The molecule has 1 fully saturated rings. The summed E-state index contributed by atoms with van der Waals surface area (Å²) in [5, 5.41) is 5.14. The van der Waals surface area contributed by atoms with E-state index < -0.39 is 10.0 Å². The van der Waals surface area contributed by atoms with Crippen LogP contribution < -0.4 is 9.88 Å². The number of halogens is 1. The van der Waals surface area contributed by atoms with Crippen LogP contribution in [0.3, 0.4) is 0 Å². The number of para-hydroxylation sites is 1. The minimum Gasteiger partial charge on any atom is -0.493 e. The summed E-state index contributed by atoms with van der Waals surface area (Å²) in [6.45, 7) is 1.51. The van der Waals surface area contributed by atoms with Gasteiger partial charge >= 0.3 is 0 Å². The van der Waals surface area contributed by atoms with Gasteiger partial charge in [0.1, 0.15) is 9.96 Å². The molecule has 1 amide bonds. The van der Waals surface area contributed by atoms with Crippen molar-refractivity contribution in [2.75, 3.05) is 19.7 Å². The number of thiophene rings is 1. The number of rotatable bonds is 5. The largest absolute Gasteiger partial charge is 0.493 e. The maximum atomic E-state index is 12.4. The molecule has 1 aliphatic heterocycles. The summed E-state index contributed by atoms with van der Waals surface area (Å²) < 4.78 is 28.8. The smallest absolute Gasteiger partial charge is 0.256 e. The second kappa shape index (κ2) is 6.72. The van der Waals surface area contributed by atoms with E-state index in [1.807, 2.05) is 30.3 Å². The average molecular weight is 387 g/mol. The first-order valence-electron chi connectivity index (χ1n) is 7.14. The lowest BCUT2D eigenvalue weighted by Gasteiger charge is -2.39. The monoisotopic (exact) mass is 386 g/mol. The summed E-state index contributed by atoms with van der Waals surface area (Å²) in [6.07, 6.45) is 0. The highest BCUT2D eigenvalue weighted by Gasteiger charge is 2.35. The van der Waals surface area contributed by atoms with Gasteiger partial charge in [0.2, 0.25) is 10.0 Å². The van der Waals surface area contributed by atoms with Gasteiger partial charge in [-0.3, -0.25) is 4.79 Å². The Morgan fingerprint density at radius 1 is 1.33 bits per heavy atom. The summed E-state index contributed by atoms with van der Waals surface area (Å²) in [7, 11) is -3.97. The van der Waals surface area contributed by atoms with E-state index in [-0.39, 0.29) is 25.9 Å². The topological polar surface area (TPSA) is 89.7 Å². The van der Waals surface area contributed by atoms with Gasteiger partial charge in [-0.05, 0) is 18.2 Å². The fraction of sp³-hybridized carbons (Fsp3) is 0.267. The minimum absolute atomic E-state index is 0.0370. The fourth-order valence-electron chi connectivity index (χ4n) is 2.45. The third-order valence-electron chi connectivity index (χ3n) is 3.63. The highest BCUT2D eigenvalue weighted by Crippen LogP contribution is 2.32. The molecule has 1 aromatic heterocycles. The van der Waals surface area contributed by atoms with Crippen molar-refractivity contribution in [2.24, 2.45) is 11.1 Å². The lowest BCUT2D eigenvalue weighted by molar-refractivity contribution is 0.0390. The zero-order valence-electron chi connectivity index (χ0n) is 12.5. The number of nitrogens with two attached hydrogens (primary N) is 1. The Hall–Kier alpha value is -1.61. The Balaban J connectivity index is 1.59. The summed E-state index contributed by atoms with van der Waals surface area (Å²) in [5.74, 6) is 0.614. The number of carbonyl (C=O) groups is 1. The minimum atomic E-state index is -3.97. The zero-order chi connectivity index (χ0) is 17.3. The van der Waals surface area contributed by atoms with E-state index in [9.17, 15) is 13.2 Å². The van der Waals surface area contributed by atoms with Crippen LogP contribution >= 0.6 is 22.9 Å². The predicted molar refractivity (Wildman–Crippen MR) is 92.0 cm³/mol. The van der Waals surface area contributed by atoms with E-state index in [1.54, 1.807) is 4.90 Å². The van der Waals surface area contributed by atoms with E-state index in [2.05, 4.69) is 0 Å². The van der Waals surface area contributed by atoms with Crippen LogP contribution in [0.2, 0.25) is 4.34 Å².